The highest BCUT2D eigenvalue weighted by Gasteiger charge is 2.49. The van der Waals surface area contributed by atoms with Crippen LogP contribution in [0.15, 0.2) is 40.6 Å². The van der Waals surface area contributed by atoms with Crippen molar-refractivity contribution in [2.45, 2.75) is 56.7 Å². The topological polar surface area (TPSA) is 37.2 Å². The number of fused-ring (bicyclic) bond motifs is 2. The van der Waals surface area contributed by atoms with Crippen molar-refractivity contribution in [3.8, 4) is 0 Å². The van der Waals surface area contributed by atoms with Gasteiger partial charge in [-0.3, -0.25) is 4.90 Å². The van der Waals surface area contributed by atoms with Crippen molar-refractivity contribution < 1.29 is 4.74 Å². The standard InChI is InChI=1S/C21H29N3OS/c1-5-16-13-20(16,23-22-4)14-24-9-8-21(12-15(24)3)18-11-17(6-2)26-19(18)7-10-25-21/h5,11,13,15H,1,6-10,12,14H2,2-4H3/t15-,20?,21+/m0/s1. The van der Waals surface area contributed by atoms with E-state index < -0.39 is 0 Å². The van der Waals surface area contributed by atoms with Crippen LogP contribution in [-0.4, -0.2) is 43.2 Å². The van der Waals surface area contributed by atoms with E-state index in [4.69, 9.17) is 4.74 Å². The van der Waals surface area contributed by atoms with Gasteiger partial charge in [0.15, 0.2) is 0 Å². The summed E-state index contributed by atoms with van der Waals surface area (Å²) in [5, 5.41) is 8.55. The van der Waals surface area contributed by atoms with Gasteiger partial charge in [-0.25, -0.2) is 0 Å². The summed E-state index contributed by atoms with van der Waals surface area (Å²) in [5.74, 6) is 0. The molecule has 1 spiro atoms. The van der Waals surface area contributed by atoms with Gasteiger partial charge in [-0.1, -0.05) is 19.6 Å². The second kappa shape index (κ2) is 6.70. The number of nitrogens with zero attached hydrogens (tertiary/aromatic N) is 3. The molecule has 1 aromatic heterocycles. The summed E-state index contributed by atoms with van der Waals surface area (Å²) < 4.78 is 6.45. The molecule has 3 aliphatic rings. The molecule has 26 heavy (non-hydrogen) atoms. The minimum Gasteiger partial charge on any atom is -0.370 e. The maximum absolute atomic E-state index is 6.45. The van der Waals surface area contributed by atoms with Crippen molar-refractivity contribution in [3.63, 3.8) is 0 Å². The van der Waals surface area contributed by atoms with Gasteiger partial charge in [0.05, 0.1) is 12.2 Å². The van der Waals surface area contributed by atoms with Crippen molar-refractivity contribution in [3.05, 3.63) is 45.7 Å². The molecular formula is C21H29N3OS. The molecule has 140 valence electrons. The first kappa shape index (κ1) is 18.1. The maximum atomic E-state index is 6.45. The van der Waals surface area contributed by atoms with Gasteiger partial charge in [0, 0.05) is 42.4 Å². The minimum absolute atomic E-state index is 0.0783. The molecule has 3 heterocycles. The Morgan fingerprint density at radius 3 is 3.00 bits per heavy atom. The molecule has 5 heteroatoms. The van der Waals surface area contributed by atoms with E-state index in [1.54, 1.807) is 11.9 Å². The van der Waals surface area contributed by atoms with Crippen LogP contribution in [0.1, 0.15) is 42.0 Å². The summed E-state index contributed by atoms with van der Waals surface area (Å²) in [6, 6.07) is 2.88. The molecule has 1 fully saturated rings. The second-order valence-corrected chi connectivity index (χ2v) is 9.02. The van der Waals surface area contributed by atoms with Crippen LogP contribution < -0.4 is 0 Å². The SMILES string of the molecule is C=CC1=CC1(CN1CC[C@]2(C[C@@H]1C)OCCc1sc(CC)cc12)N=NC. The average molecular weight is 372 g/mol. The number of likely N-dealkylation sites (tertiary alicyclic amines) is 1. The number of hydrogen-bond acceptors (Lipinski definition) is 5. The molecule has 0 radical (unpaired) electrons. The van der Waals surface area contributed by atoms with E-state index in [-0.39, 0.29) is 11.1 Å². The number of azo groups is 1. The van der Waals surface area contributed by atoms with E-state index in [0.29, 0.717) is 6.04 Å². The van der Waals surface area contributed by atoms with Crippen LogP contribution in [0.2, 0.25) is 0 Å². The third-order valence-corrected chi connectivity index (χ3v) is 7.55. The average Bonchev–Trinajstić information content (AvgIpc) is 3.13. The molecule has 4 nitrogen and oxygen atoms in total. The number of rotatable bonds is 5. The van der Waals surface area contributed by atoms with E-state index in [1.165, 1.54) is 16.0 Å². The Hall–Kier alpha value is -1.30. The summed E-state index contributed by atoms with van der Waals surface area (Å²) >= 11 is 1.99. The zero-order valence-electron chi connectivity index (χ0n) is 16.1. The number of aryl methyl sites for hydroxylation is 1. The number of hydrogen-bond donors (Lipinski definition) is 0. The van der Waals surface area contributed by atoms with Crippen molar-refractivity contribution in [2.75, 3.05) is 26.7 Å². The van der Waals surface area contributed by atoms with Gasteiger partial charge >= 0.3 is 0 Å². The lowest BCUT2D eigenvalue weighted by Gasteiger charge is -2.48. The van der Waals surface area contributed by atoms with E-state index in [1.807, 2.05) is 17.4 Å². The van der Waals surface area contributed by atoms with Crippen LogP contribution in [0.3, 0.4) is 0 Å². The van der Waals surface area contributed by atoms with Crippen molar-refractivity contribution in [1.29, 1.82) is 0 Å². The highest BCUT2D eigenvalue weighted by atomic mass is 32.1. The summed E-state index contributed by atoms with van der Waals surface area (Å²) in [6.45, 7) is 11.3. The molecule has 0 amide bonds. The normalized spacial score (nSPS) is 34.1. The Morgan fingerprint density at radius 1 is 1.50 bits per heavy atom. The van der Waals surface area contributed by atoms with Gasteiger partial charge in [-0.05, 0) is 49.5 Å². The predicted octanol–water partition coefficient (Wildman–Crippen LogP) is 4.51. The number of ether oxygens (including phenoxy) is 1. The molecule has 0 aromatic carbocycles. The van der Waals surface area contributed by atoms with E-state index in [0.717, 1.165) is 45.4 Å². The molecule has 1 unspecified atom stereocenters. The monoisotopic (exact) mass is 371 g/mol. The molecule has 0 bridgehead atoms. The Kier molecular flexibility index (Phi) is 4.66. The molecule has 4 rings (SSSR count). The minimum atomic E-state index is -0.231. The Balaban J connectivity index is 1.51. The van der Waals surface area contributed by atoms with Gasteiger partial charge in [-0.15, -0.1) is 11.3 Å². The van der Waals surface area contributed by atoms with Crippen molar-refractivity contribution in [1.82, 2.24) is 4.90 Å². The Labute approximate surface area is 160 Å². The largest absolute Gasteiger partial charge is 0.370 e. The molecular weight excluding hydrogens is 342 g/mol. The Morgan fingerprint density at radius 2 is 2.35 bits per heavy atom. The van der Waals surface area contributed by atoms with Crippen LogP contribution in [0.5, 0.6) is 0 Å². The first-order valence-corrected chi connectivity index (χ1v) is 10.5. The zero-order chi connectivity index (χ0) is 18.4. The third-order valence-electron chi connectivity index (χ3n) is 6.21. The number of piperidine rings is 1. The predicted molar refractivity (Wildman–Crippen MR) is 107 cm³/mol. The smallest absolute Gasteiger partial charge is 0.137 e. The van der Waals surface area contributed by atoms with Crippen LogP contribution in [0.4, 0.5) is 0 Å². The lowest BCUT2D eigenvalue weighted by atomic mass is 9.79. The second-order valence-electron chi connectivity index (χ2n) is 7.80. The third kappa shape index (κ3) is 2.90. The summed E-state index contributed by atoms with van der Waals surface area (Å²) in [4.78, 5) is 5.61. The lowest BCUT2D eigenvalue weighted by Crippen LogP contribution is -2.52. The molecule has 3 atom stereocenters. The van der Waals surface area contributed by atoms with Crippen molar-refractivity contribution >= 4 is 11.3 Å². The molecule has 1 aromatic rings. The molecule has 0 N–H and O–H groups in total. The van der Waals surface area contributed by atoms with E-state index in [9.17, 15) is 0 Å². The van der Waals surface area contributed by atoms with Gasteiger partial charge in [0.2, 0.25) is 0 Å². The fourth-order valence-electron chi connectivity index (χ4n) is 4.71. The van der Waals surface area contributed by atoms with Crippen molar-refractivity contribution in [2.24, 2.45) is 10.2 Å². The fraction of sp³-hybridized carbons (Fsp3) is 0.619. The number of thiophene rings is 1. The van der Waals surface area contributed by atoms with Gasteiger partial charge in [0.25, 0.3) is 0 Å². The fourth-order valence-corrected chi connectivity index (χ4v) is 5.89. The summed E-state index contributed by atoms with van der Waals surface area (Å²) in [7, 11) is 1.75. The van der Waals surface area contributed by atoms with Gasteiger partial charge in [-0.2, -0.15) is 10.2 Å². The van der Waals surface area contributed by atoms with Crippen LogP contribution >= 0.6 is 11.3 Å². The first-order valence-electron chi connectivity index (χ1n) is 9.72. The molecule has 0 saturated carbocycles. The molecule has 1 saturated heterocycles. The highest BCUT2D eigenvalue weighted by molar-refractivity contribution is 7.12. The first-order chi connectivity index (χ1) is 12.6. The van der Waals surface area contributed by atoms with E-state index in [2.05, 4.69) is 47.7 Å². The van der Waals surface area contributed by atoms with Crippen LogP contribution in [0.25, 0.3) is 0 Å². The summed E-state index contributed by atoms with van der Waals surface area (Å²) in [5.41, 5.74) is 2.38. The zero-order valence-corrected chi connectivity index (χ0v) is 16.9. The van der Waals surface area contributed by atoms with Gasteiger partial charge < -0.3 is 4.74 Å². The lowest BCUT2D eigenvalue weighted by molar-refractivity contribution is -0.111. The molecule has 2 aliphatic heterocycles. The van der Waals surface area contributed by atoms with Gasteiger partial charge in [0.1, 0.15) is 5.54 Å². The maximum Gasteiger partial charge on any atom is 0.137 e. The van der Waals surface area contributed by atoms with E-state index >= 15 is 0 Å². The van der Waals surface area contributed by atoms with Crippen LogP contribution in [-0.2, 0) is 23.2 Å². The Bertz CT molecular complexity index is 767. The van der Waals surface area contributed by atoms with Crippen LogP contribution in [0, 0.1) is 0 Å². The molecule has 1 aliphatic carbocycles. The highest BCUT2D eigenvalue weighted by Crippen LogP contribution is 2.48. The summed E-state index contributed by atoms with van der Waals surface area (Å²) in [6.07, 6.45) is 8.42. The quantitative estimate of drug-likeness (QED) is 0.714.